The second kappa shape index (κ2) is 8.42. The van der Waals surface area contributed by atoms with Crippen molar-refractivity contribution in [3.05, 3.63) is 58.6 Å². The predicted octanol–water partition coefficient (Wildman–Crippen LogP) is 3.02. The third-order valence-corrected chi connectivity index (χ3v) is 4.00. The number of anilines is 1. The van der Waals surface area contributed by atoms with E-state index in [1.165, 1.54) is 0 Å². The van der Waals surface area contributed by atoms with Gasteiger partial charge in [-0.1, -0.05) is 23.7 Å². The molecule has 0 spiro atoms. The minimum Gasteiger partial charge on any atom is -0.497 e. The van der Waals surface area contributed by atoms with E-state index in [2.05, 4.69) is 5.32 Å². The molecule has 140 valence electrons. The molecule has 0 fully saturated rings. The fourth-order valence-corrected chi connectivity index (χ4v) is 2.62. The van der Waals surface area contributed by atoms with Crippen LogP contribution < -0.4 is 15.0 Å². The lowest BCUT2D eigenvalue weighted by Gasteiger charge is -2.15. The van der Waals surface area contributed by atoms with Crippen molar-refractivity contribution in [3.8, 4) is 5.75 Å². The molecule has 1 atom stereocenters. The van der Waals surface area contributed by atoms with E-state index in [4.69, 9.17) is 16.3 Å². The maximum Gasteiger partial charge on any atom is 0.416 e. The Morgan fingerprint density at radius 1 is 1.23 bits per heavy atom. The standard InChI is InChI=1S/C18H18ClF3N2O2/c1-24(10-12-4-3-5-14(8-12)26-2)11-17(25)23-16-9-13(18(20,21)22)6-7-15(16)19/h3-9H,10-11H2,1-2H3,(H,23,25)/p+1. The highest BCUT2D eigenvalue weighted by molar-refractivity contribution is 6.33. The summed E-state index contributed by atoms with van der Waals surface area (Å²) in [7, 11) is 3.38. The van der Waals surface area contributed by atoms with E-state index in [0.29, 0.717) is 6.54 Å². The first kappa shape index (κ1) is 20.1. The van der Waals surface area contributed by atoms with Gasteiger partial charge in [0.15, 0.2) is 6.54 Å². The lowest BCUT2D eigenvalue weighted by Crippen LogP contribution is -3.08. The van der Waals surface area contributed by atoms with Gasteiger partial charge in [-0.3, -0.25) is 4.79 Å². The Morgan fingerprint density at radius 2 is 1.96 bits per heavy atom. The summed E-state index contributed by atoms with van der Waals surface area (Å²) in [6, 6.07) is 10.3. The first-order chi connectivity index (χ1) is 12.2. The molecule has 2 aromatic carbocycles. The molecule has 0 heterocycles. The van der Waals surface area contributed by atoms with Crippen LogP contribution in [0.4, 0.5) is 18.9 Å². The highest BCUT2D eigenvalue weighted by atomic mass is 35.5. The lowest BCUT2D eigenvalue weighted by atomic mass is 10.2. The third-order valence-electron chi connectivity index (χ3n) is 3.67. The van der Waals surface area contributed by atoms with E-state index in [-0.39, 0.29) is 17.3 Å². The fraction of sp³-hybridized carbons (Fsp3) is 0.278. The Bertz CT molecular complexity index is 781. The van der Waals surface area contributed by atoms with Crippen LogP contribution >= 0.6 is 11.6 Å². The number of halogens is 4. The molecule has 2 rings (SSSR count). The van der Waals surface area contributed by atoms with Crippen LogP contribution in [-0.4, -0.2) is 26.6 Å². The molecule has 1 unspecified atom stereocenters. The molecular formula is C18H19ClF3N2O2+. The average molecular weight is 388 g/mol. The Kier molecular flexibility index (Phi) is 6.50. The Balaban J connectivity index is 1.99. The van der Waals surface area contributed by atoms with Crippen LogP contribution in [0.2, 0.25) is 5.02 Å². The second-order valence-electron chi connectivity index (χ2n) is 5.90. The molecule has 0 aromatic heterocycles. The Hall–Kier alpha value is -2.25. The van der Waals surface area contributed by atoms with Crippen LogP contribution in [0.5, 0.6) is 5.75 Å². The first-order valence-corrected chi connectivity index (χ1v) is 8.17. The average Bonchev–Trinajstić information content (AvgIpc) is 2.55. The summed E-state index contributed by atoms with van der Waals surface area (Å²) >= 11 is 5.89. The molecule has 4 nitrogen and oxygen atoms in total. The SMILES string of the molecule is COc1cccc(C[NH+](C)CC(=O)Nc2cc(C(F)(F)F)ccc2Cl)c1. The van der Waals surface area contributed by atoms with Crippen molar-refractivity contribution in [2.75, 3.05) is 26.0 Å². The third kappa shape index (κ3) is 5.64. The predicted molar refractivity (Wildman–Crippen MR) is 93.5 cm³/mol. The number of ether oxygens (including phenoxy) is 1. The number of methoxy groups -OCH3 is 1. The summed E-state index contributed by atoms with van der Waals surface area (Å²) < 4.78 is 43.5. The molecule has 2 aromatic rings. The molecule has 0 bridgehead atoms. The van der Waals surface area contributed by atoms with Crippen LogP contribution in [0.25, 0.3) is 0 Å². The number of carbonyl (C=O) groups is 1. The fourth-order valence-electron chi connectivity index (χ4n) is 2.46. The highest BCUT2D eigenvalue weighted by Crippen LogP contribution is 2.33. The van der Waals surface area contributed by atoms with Gasteiger partial charge in [0.05, 0.1) is 30.4 Å². The molecule has 2 N–H and O–H groups in total. The number of benzene rings is 2. The number of rotatable bonds is 6. The topological polar surface area (TPSA) is 42.8 Å². The van der Waals surface area contributed by atoms with E-state index in [0.717, 1.165) is 34.4 Å². The number of nitrogens with one attached hydrogen (secondary N) is 2. The van der Waals surface area contributed by atoms with Crippen LogP contribution in [0.3, 0.4) is 0 Å². The van der Waals surface area contributed by atoms with Crippen LogP contribution in [-0.2, 0) is 17.5 Å². The van der Waals surface area contributed by atoms with Gasteiger partial charge in [-0.25, -0.2) is 0 Å². The molecule has 26 heavy (non-hydrogen) atoms. The van der Waals surface area contributed by atoms with Crippen molar-refractivity contribution in [1.29, 1.82) is 0 Å². The minimum atomic E-state index is -4.50. The van der Waals surface area contributed by atoms with Crippen LogP contribution in [0.15, 0.2) is 42.5 Å². The van der Waals surface area contributed by atoms with E-state index >= 15 is 0 Å². The van der Waals surface area contributed by atoms with Gasteiger partial charge >= 0.3 is 6.18 Å². The molecule has 0 aliphatic carbocycles. The van der Waals surface area contributed by atoms with Crippen molar-refractivity contribution in [1.82, 2.24) is 0 Å². The summed E-state index contributed by atoms with van der Waals surface area (Å²) in [5.74, 6) is 0.294. The van der Waals surface area contributed by atoms with Gasteiger partial charge in [0.2, 0.25) is 0 Å². The van der Waals surface area contributed by atoms with E-state index in [1.807, 2.05) is 31.3 Å². The Morgan fingerprint density at radius 3 is 2.62 bits per heavy atom. The smallest absolute Gasteiger partial charge is 0.416 e. The zero-order chi connectivity index (χ0) is 19.3. The maximum atomic E-state index is 12.8. The van der Waals surface area contributed by atoms with Gasteiger partial charge in [0.25, 0.3) is 5.91 Å². The summed E-state index contributed by atoms with van der Waals surface area (Å²) in [4.78, 5) is 13.0. The summed E-state index contributed by atoms with van der Waals surface area (Å²) in [6.45, 7) is 0.630. The summed E-state index contributed by atoms with van der Waals surface area (Å²) in [5.41, 5.74) is 0.0571. The molecule has 1 amide bonds. The van der Waals surface area contributed by atoms with Gasteiger partial charge in [0.1, 0.15) is 12.3 Å². The molecule has 0 aliphatic heterocycles. The van der Waals surface area contributed by atoms with Gasteiger partial charge in [-0.2, -0.15) is 13.2 Å². The first-order valence-electron chi connectivity index (χ1n) is 7.80. The maximum absolute atomic E-state index is 12.8. The number of likely N-dealkylation sites (N-methyl/N-ethyl adjacent to an activating group) is 1. The zero-order valence-electron chi connectivity index (χ0n) is 14.3. The summed E-state index contributed by atoms with van der Waals surface area (Å²) in [5, 5.41) is 2.50. The molecule has 0 saturated carbocycles. The molecule has 0 saturated heterocycles. The van der Waals surface area contributed by atoms with E-state index in [9.17, 15) is 18.0 Å². The van der Waals surface area contributed by atoms with E-state index in [1.54, 1.807) is 7.11 Å². The monoisotopic (exact) mass is 387 g/mol. The van der Waals surface area contributed by atoms with Gasteiger partial charge in [-0.15, -0.1) is 0 Å². The van der Waals surface area contributed by atoms with Crippen LogP contribution in [0.1, 0.15) is 11.1 Å². The number of hydrogen-bond acceptors (Lipinski definition) is 2. The Labute approximate surface area is 154 Å². The van der Waals surface area contributed by atoms with Gasteiger partial charge in [0, 0.05) is 5.56 Å². The number of hydrogen-bond donors (Lipinski definition) is 2. The molecule has 8 heteroatoms. The van der Waals surface area contributed by atoms with Crippen molar-refractivity contribution in [2.24, 2.45) is 0 Å². The zero-order valence-corrected chi connectivity index (χ0v) is 15.0. The molecule has 0 aliphatic rings. The van der Waals surface area contributed by atoms with Gasteiger partial charge < -0.3 is 15.0 Å². The van der Waals surface area contributed by atoms with E-state index < -0.39 is 17.6 Å². The van der Waals surface area contributed by atoms with Crippen LogP contribution in [0, 0.1) is 0 Å². The quantitative estimate of drug-likeness (QED) is 0.800. The highest BCUT2D eigenvalue weighted by Gasteiger charge is 2.31. The number of amides is 1. The molecule has 0 radical (unpaired) electrons. The summed E-state index contributed by atoms with van der Waals surface area (Å²) in [6.07, 6.45) is -4.50. The van der Waals surface area contributed by atoms with Crippen molar-refractivity contribution in [3.63, 3.8) is 0 Å². The van der Waals surface area contributed by atoms with Gasteiger partial charge in [-0.05, 0) is 30.3 Å². The minimum absolute atomic E-state index is 0.0526. The number of carbonyl (C=O) groups excluding carboxylic acids is 1. The van der Waals surface area contributed by atoms with Crippen molar-refractivity contribution in [2.45, 2.75) is 12.7 Å². The molecular weight excluding hydrogens is 369 g/mol. The second-order valence-corrected chi connectivity index (χ2v) is 6.31. The number of alkyl halides is 3. The number of quaternary nitrogens is 1. The van der Waals surface area contributed by atoms with Crippen molar-refractivity contribution < 1.29 is 27.6 Å². The van der Waals surface area contributed by atoms with Crippen molar-refractivity contribution >= 4 is 23.2 Å². The normalized spacial score (nSPS) is 12.5. The largest absolute Gasteiger partial charge is 0.497 e. The lowest BCUT2D eigenvalue weighted by molar-refractivity contribution is -0.885.